The zero-order chi connectivity index (χ0) is 10.1. The van der Waals surface area contributed by atoms with Gasteiger partial charge in [-0.1, -0.05) is 13.8 Å². The van der Waals surface area contributed by atoms with Crippen LogP contribution in [0, 0.1) is 11.8 Å². The smallest absolute Gasteiger partial charge is 0.0623 e. The fourth-order valence-electron chi connectivity index (χ4n) is 2.87. The second kappa shape index (κ2) is 4.19. The van der Waals surface area contributed by atoms with Crippen molar-refractivity contribution in [2.24, 2.45) is 17.6 Å². The van der Waals surface area contributed by atoms with Crippen LogP contribution >= 0.6 is 0 Å². The highest BCUT2D eigenvalue weighted by molar-refractivity contribution is 4.94. The summed E-state index contributed by atoms with van der Waals surface area (Å²) in [6.45, 7) is 4.54. The lowest BCUT2D eigenvalue weighted by molar-refractivity contribution is 0.0875. The van der Waals surface area contributed by atoms with Crippen molar-refractivity contribution < 1.29 is 4.74 Å². The van der Waals surface area contributed by atoms with E-state index in [-0.39, 0.29) is 0 Å². The lowest BCUT2D eigenvalue weighted by Crippen LogP contribution is -2.36. The maximum atomic E-state index is 6.23. The molecule has 2 N–H and O–H groups in total. The van der Waals surface area contributed by atoms with Gasteiger partial charge in [0.2, 0.25) is 0 Å². The zero-order valence-electron chi connectivity index (χ0n) is 9.41. The molecule has 14 heavy (non-hydrogen) atoms. The van der Waals surface area contributed by atoms with Gasteiger partial charge in [-0.25, -0.2) is 0 Å². The van der Waals surface area contributed by atoms with Crippen molar-refractivity contribution in [3.63, 3.8) is 0 Å². The number of hydrogen-bond donors (Lipinski definition) is 1. The maximum Gasteiger partial charge on any atom is 0.0623 e. The Bertz CT molecular complexity index is 193. The summed E-state index contributed by atoms with van der Waals surface area (Å²) in [5.41, 5.74) is 6.23. The maximum absolute atomic E-state index is 6.23. The predicted octanol–water partition coefficient (Wildman–Crippen LogP) is 2.32. The lowest BCUT2D eigenvalue weighted by atomic mass is 9.82. The molecule has 2 nitrogen and oxygen atoms in total. The Morgan fingerprint density at radius 2 is 2.07 bits per heavy atom. The first kappa shape index (κ1) is 10.4. The Balaban J connectivity index is 1.78. The second-order valence-electron chi connectivity index (χ2n) is 5.41. The van der Waals surface area contributed by atoms with Crippen molar-refractivity contribution in [2.75, 3.05) is 0 Å². The standard InChI is InChI=1S/C12H23NO/c1-8(2)3-5-11(13)10-7-9-4-6-12(10)14-9/h8-12H,3-7,13H2,1-2H3. The molecular formula is C12H23NO. The largest absolute Gasteiger partial charge is 0.375 e. The zero-order valence-corrected chi connectivity index (χ0v) is 9.41. The van der Waals surface area contributed by atoms with E-state index >= 15 is 0 Å². The van der Waals surface area contributed by atoms with Crippen LogP contribution in [0.1, 0.15) is 46.0 Å². The Labute approximate surface area is 87.2 Å². The Hall–Kier alpha value is -0.0800. The summed E-state index contributed by atoms with van der Waals surface area (Å²) in [5, 5.41) is 0. The molecule has 2 aliphatic heterocycles. The Morgan fingerprint density at radius 3 is 2.57 bits per heavy atom. The fourth-order valence-corrected chi connectivity index (χ4v) is 2.87. The average molecular weight is 197 g/mol. The van der Waals surface area contributed by atoms with Crippen LogP contribution in [0.2, 0.25) is 0 Å². The summed E-state index contributed by atoms with van der Waals surface area (Å²) >= 11 is 0. The van der Waals surface area contributed by atoms with Gasteiger partial charge in [0.05, 0.1) is 12.2 Å². The van der Waals surface area contributed by atoms with Crippen molar-refractivity contribution in [2.45, 2.75) is 64.2 Å². The number of fused-ring (bicyclic) bond motifs is 2. The van der Waals surface area contributed by atoms with Crippen LogP contribution in [0.25, 0.3) is 0 Å². The molecule has 0 saturated carbocycles. The minimum atomic E-state index is 0.382. The van der Waals surface area contributed by atoms with Gasteiger partial charge in [0.15, 0.2) is 0 Å². The van der Waals surface area contributed by atoms with Gasteiger partial charge in [0, 0.05) is 12.0 Å². The first-order valence-electron chi connectivity index (χ1n) is 6.08. The summed E-state index contributed by atoms with van der Waals surface area (Å²) in [7, 11) is 0. The van der Waals surface area contributed by atoms with Gasteiger partial charge in [-0.3, -0.25) is 0 Å². The average Bonchev–Trinajstić information content (AvgIpc) is 2.74. The van der Waals surface area contributed by atoms with Gasteiger partial charge in [-0.05, 0) is 38.0 Å². The number of rotatable bonds is 4. The van der Waals surface area contributed by atoms with Crippen molar-refractivity contribution in [3.05, 3.63) is 0 Å². The Morgan fingerprint density at radius 1 is 1.29 bits per heavy atom. The van der Waals surface area contributed by atoms with Crippen molar-refractivity contribution >= 4 is 0 Å². The van der Waals surface area contributed by atoms with E-state index in [0.29, 0.717) is 24.2 Å². The third-order valence-corrected chi connectivity index (χ3v) is 3.78. The first-order valence-corrected chi connectivity index (χ1v) is 6.08. The molecule has 0 aromatic heterocycles. The monoisotopic (exact) mass is 197 g/mol. The van der Waals surface area contributed by atoms with E-state index < -0.39 is 0 Å². The third kappa shape index (κ3) is 2.12. The molecule has 0 aromatic carbocycles. The molecule has 0 spiro atoms. The molecule has 2 fully saturated rings. The predicted molar refractivity (Wildman–Crippen MR) is 58.0 cm³/mol. The molecule has 2 rings (SSSR count). The van der Waals surface area contributed by atoms with Gasteiger partial charge in [-0.15, -0.1) is 0 Å². The van der Waals surface area contributed by atoms with Gasteiger partial charge < -0.3 is 10.5 Å². The highest BCUT2D eigenvalue weighted by atomic mass is 16.5. The summed E-state index contributed by atoms with van der Waals surface area (Å²) in [5.74, 6) is 1.44. The molecule has 2 saturated heterocycles. The molecule has 0 aromatic rings. The van der Waals surface area contributed by atoms with Gasteiger partial charge >= 0.3 is 0 Å². The fraction of sp³-hybridized carbons (Fsp3) is 1.00. The topological polar surface area (TPSA) is 35.2 Å². The van der Waals surface area contributed by atoms with Crippen LogP contribution in [0.3, 0.4) is 0 Å². The van der Waals surface area contributed by atoms with Gasteiger partial charge in [-0.2, -0.15) is 0 Å². The van der Waals surface area contributed by atoms with Crippen LogP contribution < -0.4 is 5.73 Å². The van der Waals surface area contributed by atoms with E-state index in [1.807, 2.05) is 0 Å². The van der Waals surface area contributed by atoms with Crippen molar-refractivity contribution in [3.8, 4) is 0 Å². The van der Waals surface area contributed by atoms with Crippen LogP contribution in [-0.2, 0) is 4.74 Å². The van der Waals surface area contributed by atoms with Crippen LogP contribution in [0.4, 0.5) is 0 Å². The van der Waals surface area contributed by atoms with Crippen molar-refractivity contribution in [1.82, 2.24) is 0 Å². The highest BCUT2D eigenvalue weighted by Crippen LogP contribution is 2.40. The van der Waals surface area contributed by atoms with E-state index in [4.69, 9.17) is 10.5 Å². The quantitative estimate of drug-likeness (QED) is 0.750. The Kier molecular flexibility index (Phi) is 3.13. The second-order valence-corrected chi connectivity index (χ2v) is 5.41. The molecule has 82 valence electrons. The molecule has 4 unspecified atom stereocenters. The van der Waals surface area contributed by atoms with E-state index in [0.717, 1.165) is 5.92 Å². The molecule has 0 aliphatic carbocycles. The van der Waals surface area contributed by atoms with Crippen LogP contribution in [-0.4, -0.2) is 18.2 Å². The lowest BCUT2D eigenvalue weighted by Gasteiger charge is -2.25. The first-order chi connectivity index (χ1) is 6.66. The molecule has 2 heterocycles. The van der Waals surface area contributed by atoms with Crippen LogP contribution in [0.15, 0.2) is 0 Å². The molecule has 0 radical (unpaired) electrons. The minimum Gasteiger partial charge on any atom is -0.375 e. The summed E-state index contributed by atoms with van der Waals surface area (Å²) in [4.78, 5) is 0. The summed E-state index contributed by atoms with van der Waals surface area (Å²) < 4.78 is 5.83. The highest BCUT2D eigenvalue weighted by Gasteiger charge is 2.42. The number of hydrogen-bond acceptors (Lipinski definition) is 2. The minimum absolute atomic E-state index is 0.382. The number of nitrogens with two attached hydrogens (primary N) is 1. The van der Waals surface area contributed by atoms with Gasteiger partial charge in [0.1, 0.15) is 0 Å². The molecule has 2 heteroatoms. The van der Waals surface area contributed by atoms with E-state index in [2.05, 4.69) is 13.8 Å². The summed E-state index contributed by atoms with van der Waals surface area (Å²) in [6.07, 6.45) is 7.24. The van der Waals surface area contributed by atoms with E-state index in [9.17, 15) is 0 Å². The van der Waals surface area contributed by atoms with Gasteiger partial charge in [0.25, 0.3) is 0 Å². The van der Waals surface area contributed by atoms with E-state index in [1.54, 1.807) is 0 Å². The summed E-state index contributed by atoms with van der Waals surface area (Å²) in [6, 6.07) is 0.382. The molecule has 4 atom stereocenters. The normalized spacial score (nSPS) is 38.1. The van der Waals surface area contributed by atoms with Crippen LogP contribution in [0.5, 0.6) is 0 Å². The molecule has 2 aliphatic rings. The van der Waals surface area contributed by atoms with E-state index in [1.165, 1.54) is 32.1 Å². The molecular weight excluding hydrogens is 174 g/mol. The number of ether oxygens (including phenoxy) is 1. The SMILES string of the molecule is CC(C)CCC(N)C1CC2CCC1O2. The molecule has 0 amide bonds. The van der Waals surface area contributed by atoms with Crippen molar-refractivity contribution in [1.29, 1.82) is 0 Å². The third-order valence-electron chi connectivity index (χ3n) is 3.78. The molecule has 2 bridgehead atoms.